The summed E-state index contributed by atoms with van der Waals surface area (Å²) in [6.45, 7) is 6.25. The molecule has 76 valence electrons. The lowest BCUT2D eigenvalue weighted by Crippen LogP contribution is -2.20. The number of rotatable bonds is 4. The number of hydrogen-bond donors (Lipinski definition) is 1. The van der Waals surface area contributed by atoms with Crippen molar-refractivity contribution < 1.29 is 0 Å². The Morgan fingerprint density at radius 1 is 1.50 bits per heavy atom. The second kappa shape index (κ2) is 5.40. The Balaban J connectivity index is 2.65. The van der Waals surface area contributed by atoms with Gasteiger partial charge in [0.2, 0.25) is 0 Å². The number of halogens is 2. The van der Waals surface area contributed by atoms with Crippen LogP contribution in [0.1, 0.15) is 18.5 Å². The zero-order valence-corrected chi connectivity index (χ0v) is 9.57. The first kappa shape index (κ1) is 11.6. The van der Waals surface area contributed by atoms with E-state index in [0.717, 1.165) is 10.6 Å². The average Bonchev–Trinajstić information content (AvgIpc) is 2.15. The van der Waals surface area contributed by atoms with Crippen LogP contribution in [0.2, 0.25) is 5.02 Å². The van der Waals surface area contributed by atoms with Crippen molar-refractivity contribution in [3.63, 3.8) is 0 Å². The number of nitrogens with one attached hydrogen (secondary N) is 1. The van der Waals surface area contributed by atoms with E-state index in [1.54, 1.807) is 0 Å². The summed E-state index contributed by atoms with van der Waals surface area (Å²) in [4.78, 5) is 0. The molecule has 1 nitrogen and oxygen atoms in total. The van der Waals surface area contributed by atoms with Crippen LogP contribution in [0.3, 0.4) is 0 Å². The molecule has 1 unspecified atom stereocenters. The standard InChI is InChI=1S/C11H13Cl2N/c1-8(12)7-14-9(2)10-5-3-4-6-11(10)13/h3-6,9,14H,1,7H2,2H3. The smallest absolute Gasteiger partial charge is 0.0453 e. The number of hydrogen-bond acceptors (Lipinski definition) is 1. The van der Waals surface area contributed by atoms with Crippen LogP contribution in [0.4, 0.5) is 0 Å². The molecule has 0 fully saturated rings. The van der Waals surface area contributed by atoms with E-state index in [1.807, 2.05) is 31.2 Å². The van der Waals surface area contributed by atoms with Crippen molar-refractivity contribution in [2.75, 3.05) is 6.54 Å². The molecule has 1 aromatic rings. The van der Waals surface area contributed by atoms with Gasteiger partial charge in [-0.05, 0) is 18.6 Å². The highest BCUT2D eigenvalue weighted by atomic mass is 35.5. The predicted octanol–water partition coefficient (Wildman–Crippen LogP) is 3.74. The molecule has 0 amide bonds. The van der Waals surface area contributed by atoms with Crippen molar-refractivity contribution in [2.45, 2.75) is 13.0 Å². The molecule has 0 aromatic heterocycles. The zero-order chi connectivity index (χ0) is 10.6. The van der Waals surface area contributed by atoms with Gasteiger partial charge < -0.3 is 5.32 Å². The molecule has 1 atom stereocenters. The molecule has 0 saturated heterocycles. The summed E-state index contributed by atoms with van der Waals surface area (Å²) in [6, 6.07) is 7.94. The normalized spacial score (nSPS) is 12.5. The molecule has 0 radical (unpaired) electrons. The van der Waals surface area contributed by atoms with Gasteiger partial charge in [0.1, 0.15) is 0 Å². The van der Waals surface area contributed by atoms with Gasteiger partial charge in [-0.2, -0.15) is 0 Å². The highest BCUT2D eigenvalue weighted by molar-refractivity contribution is 6.31. The van der Waals surface area contributed by atoms with Gasteiger partial charge in [0.15, 0.2) is 0 Å². The lowest BCUT2D eigenvalue weighted by atomic mass is 10.1. The third kappa shape index (κ3) is 3.33. The zero-order valence-electron chi connectivity index (χ0n) is 8.06. The van der Waals surface area contributed by atoms with Gasteiger partial charge in [-0.25, -0.2) is 0 Å². The van der Waals surface area contributed by atoms with Crippen LogP contribution in [-0.4, -0.2) is 6.54 Å². The summed E-state index contributed by atoms with van der Waals surface area (Å²) in [5.41, 5.74) is 1.08. The highest BCUT2D eigenvalue weighted by Gasteiger charge is 2.07. The Morgan fingerprint density at radius 2 is 2.14 bits per heavy atom. The summed E-state index contributed by atoms with van der Waals surface area (Å²) in [5.74, 6) is 0. The van der Waals surface area contributed by atoms with Crippen LogP contribution < -0.4 is 5.32 Å². The SMILES string of the molecule is C=C(Cl)CNC(C)c1ccccc1Cl. The largest absolute Gasteiger partial charge is 0.305 e. The van der Waals surface area contributed by atoms with E-state index in [0.29, 0.717) is 11.6 Å². The van der Waals surface area contributed by atoms with Crippen LogP contribution in [0.15, 0.2) is 35.9 Å². The van der Waals surface area contributed by atoms with E-state index >= 15 is 0 Å². The molecule has 1 aromatic carbocycles. The summed E-state index contributed by atoms with van der Waals surface area (Å²) in [5, 5.41) is 4.60. The van der Waals surface area contributed by atoms with Crippen molar-refractivity contribution in [3.8, 4) is 0 Å². The van der Waals surface area contributed by atoms with Gasteiger partial charge in [0, 0.05) is 22.6 Å². The van der Waals surface area contributed by atoms with Crippen molar-refractivity contribution in [1.29, 1.82) is 0 Å². The van der Waals surface area contributed by atoms with Crippen LogP contribution in [0, 0.1) is 0 Å². The second-order valence-electron chi connectivity index (χ2n) is 3.14. The van der Waals surface area contributed by atoms with Crippen molar-refractivity contribution in [2.24, 2.45) is 0 Å². The van der Waals surface area contributed by atoms with Gasteiger partial charge in [0.25, 0.3) is 0 Å². The molecule has 0 aliphatic heterocycles. The van der Waals surface area contributed by atoms with Crippen molar-refractivity contribution in [1.82, 2.24) is 5.32 Å². The van der Waals surface area contributed by atoms with Gasteiger partial charge >= 0.3 is 0 Å². The monoisotopic (exact) mass is 229 g/mol. The molecule has 1 rings (SSSR count). The molecule has 1 N–H and O–H groups in total. The summed E-state index contributed by atoms with van der Waals surface area (Å²) < 4.78 is 0. The third-order valence-electron chi connectivity index (χ3n) is 1.97. The van der Waals surface area contributed by atoms with E-state index in [4.69, 9.17) is 23.2 Å². The minimum atomic E-state index is 0.180. The molecule has 0 bridgehead atoms. The van der Waals surface area contributed by atoms with Crippen molar-refractivity contribution >= 4 is 23.2 Å². The maximum absolute atomic E-state index is 6.04. The van der Waals surface area contributed by atoms with E-state index in [1.165, 1.54) is 0 Å². The molecular weight excluding hydrogens is 217 g/mol. The lowest BCUT2D eigenvalue weighted by Gasteiger charge is -2.14. The van der Waals surface area contributed by atoms with Crippen LogP contribution >= 0.6 is 23.2 Å². The van der Waals surface area contributed by atoms with Crippen LogP contribution in [0.25, 0.3) is 0 Å². The van der Waals surface area contributed by atoms with Gasteiger partial charge in [-0.3, -0.25) is 0 Å². The minimum Gasteiger partial charge on any atom is -0.305 e. The van der Waals surface area contributed by atoms with Crippen LogP contribution in [0.5, 0.6) is 0 Å². The van der Waals surface area contributed by atoms with E-state index < -0.39 is 0 Å². The second-order valence-corrected chi connectivity index (χ2v) is 4.08. The van der Waals surface area contributed by atoms with Gasteiger partial charge in [-0.15, -0.1) is 0 Å². The summed E-state index contributed by atoms with van der Waals surface area (Å²) in [6.07, 6.45) is 0. The highest BCUT2D eigenvalue weighted by Crippen LogP contribution is 2.22. The van der Waals surface area contributed by atoms with E-state index in [-0.39, 0.29) is 6.04 Å². The van der Waals surface area contributed by atoms with Crippen LogP contribution in [-0.2, 0) is 0 Å². The Morgan fingerprint density at radius 3 is 2.71 bits per heavy atom. The minimum absolute atomic E-state index is 0.180. The molecule has 0 saturated carbocycles. The Hall–Kier alpha value is -0.500. The molecule has 0 spiro atoms. The van der Waals surface area contributed by atoms with E-state index in [9.17, 15) is 0 Å². The first-order chi connectivity index (χ1) is 6.61. The topological polar surface area (TPSA) is 12.0 Å². The quantitative estimate of drug-likeness (QED) is 0.830. The predicted molar refractivity (Wildman–Crippen MR) is 62.9 cm³/mol. The Kier molecular flexibility index (Phi) is 4.46. The van der Waals surface area contributed by atoms with Gasteiger partial charge in [0.05, 0.1) is 0 Å². The summed E-state index contributed by atoms with van der Waals surface area (Å²) >= 11 is 11.7. The lowest BCUT2D eigenvalue weighted by molar-refractivity contribution is 0.615. The average molecular weight is 230 g/mol. The molecule has 0 aliphatic carbocycles. The first-order valence-corrected chi connectivity index (χ1v) is 5.18. The third-order valence-corrected chi connectivity index (χ3v) is 2.45. The molecule has 0 heterocycles. The van der Waals surface area contributed by atoms with Gasteiger partial charge in [-0.1, -0.05) is 48.0 Å². The maximum atomic E-state index is 6.04. The fourth-order valence-corrected chi connectivity index (χ4v) is 1.58. The fourth-order valence-electron chi connectivity index (χ4n) is 1.20. The molecule has 14 heavy (non-hydrogen) atoms. The fraction of sp³-hybridized carbons (Fsp3) is 0.273. The Labute approximate surface area is 94.7 Å². The molecule has 0 aliphatic rings. The number of benzene rings is 1. The molecule has 3 heteroatoms. The van der Waals surface area contributed by atoms with Crippen molar-refractivity contribution in [3.05, 3.63) is 46.5 Å². The Bertz CT molecular complexity index is 323. The molecular formula is C11H13Cl2N. The first-order valence-electron chi connectivity index (χ1n) is 4.42. The maximum Gasteiger partial charge on any atom is 0.0453 e. The summed E-state index contributed by atoms with van der Waals surface area (Å²) in [7, 11) is 0. The van der Waals surface area contributed by atoms with E-state index in [2.05, 4.69) is 11.9 Å².